The Bertz CT molecular complexity index is 983. The standard InChI is InChI=1S/C22H27N3O5S/c1-17(14-24-21(26)19-10-7-12-23-15-19)30-22(27)20-11-5-6-13-25(20)31(28,29)16-18-8-3-2-4-9-18/h2-4,7-10,12,15,17,20H,5-6,11,13-14,16H2,1H3,(H,24,26). The van der Waals surface area contributed by atoms with E-state index in [0.29, 0.717) is 30.5 Å². The Morgan fingerprint density at radius 3 is 2.68 bits per heavy atom. The van der Waals surface area contributed by atoms with E-state index in [1.54, 1.807) is 49.5 Å². The van der Waals surface area contributed by atoms with Gasteiger partial charge in [-0.3, -0.25) is 14.6 Å². The fraction of sp³-hybridized carbons (Fsp3) is 0.409. The van der Waals surface area contributed by atoms with E-state index in [1.807, 2.05) is 6.07 Å². The first kappa shape index (κ1) is 22.9. The third-order valence-corrected chi connectivity index (χ3v) is 6.92. The number of ether oxygens (including phenoxy) is 1. The molecule has 2 aromatic rings. The van der Waals surface area contributed by atoms with Crippen molar-refractivity contribution in [1.82, 2.24) is 14.6 Å². The number of piperidine rings is 1. The number of sulfonamides is 1. The number of nitrogens with zero attached hydrogens (tertiary/aromatic N) is 2. The molecule has 31 heavy (non-hydrogen) atoms. The van der Waals surface area contributed by atoms with Gasteiger partial charge < -0.3 is 10.1 Å². The zero-order valence-corrected chi connectivity index (χ0v) is 18.3. The van der Waals surface area contributed by atoms with Crippen molar-refractivity contribution in [2.75, 3.05) is 13.1 Å². The predicted octanol–water partition coefficient (Wildman–Crippen LogP) is 2.13. The average molecular weight is 446 g/mol. The van der Waals surface area contributed by atoms with Crippen LogP contribution < -0.4 is 5.32 Å². The smallest absolute Gasteiger partial charge is 0.324 e. The van der Waals surface area contributed by atoms with Gasteiger partial charge in [-0.2, -0.15) is 4.31 Å². The van der Waals surface area contributed by atoms with Crippen LogP contribution in [0.15, 0.2) is 54.9 Å². The number of rotatable bonds is 8. The van der Waals surface area contributed by atoms with Gasteiger partial charge in [0, 0.05) is 18.9 Å². The molecule has 1 fully saturated rings. The SMILES string of the molecule is CC(CNC(=O)c1cccnc1)OC(=O)C1CCCCN1S(=O)(=O)Cc1ccccc1. The van der Waals surface area contributed by atoms with Crippen molar-refractivity contribution in [3.05, 3.63) is 66.0 Å². The lowest BCUT2D eigenvalue weighted by Gasteiger charge is -2.33. The Morgan fingerprint density at radius 2 is 1.97 bits per heavy atom. The van der Waals surface area contributed by atoms with Crippen LogP contribution >= 0.6 is 0 Å². The number of carbonyl (C=O) groups excluding carboxylic acids is 2. The Kier molecular flexibility index (Phi) is 7.75. The molecule has 1 N–H and O–H groups in total. The molecule has 9 heteroatoms. The van der Waals surface area contributed by atoms with Gasteiger partial charge in [-0.05, 0) is 43.9 Å². The molecule has 2 unspecified atom stereocenters. The van der Waals surface area contributed by atoms with E-state index < -0.39 is 28.1 Å². The summed E-state index contributed by atoms with van der Waals surface area (Å²) in [6.45, 7) is 2.07. The van der Waals surface area contributed by atoms with E-state index >= 15 is 0 Å². The normalized spacial score (nSPS) is 18.2. The quantitative estimate of drug-likeness (QED) is 0.624. The molecule has 2 heterocycles. The number of nitrogens with one attached hydrogen (secondary N) is 1. The average Bonchev–Trinajstić information content (AvgIpc) is 2.78. The van der Waals surface area contributed by atoms with E-state index in [2.05, 4.69) is 10.3 Å². The molecule has 1 aliphatic heterocycles. The van der Waals surface area contributed by atoms with Crippen LogP contribution in [0.3, 0.4) is 0 Å². The van der Waals surface area contributed by atoms with Crippen LogP contribution in [0.25, 0.3) is 0 Å². The molecule has 0 radical (unpaired) electrons. The Balaban J connectivity index is 1.59. The van der Waals surface area contributed by atoms with Crippen molar-refractivity contribution in [1.29, 1.82) is 0 Å². The van der Waals surface area contributed by atoms with Crippen LogP contribution in [0.5, 0.6) is 0 Å². The number of amides is 1. The summed E-state index contributed by atoms with van der Waals surface area (Å²) in [7, 11) is -3.67. The van der Waals surface area contributed by atoms with Gasteiger partial charge in [0.2, 0.25) is 10.0 Å². The molecule has 2 atom stereocenters. The number of hydrogen-bond acceptors (Lipinski definition) is 6. The second-order valence-corrected chi connectivity index (χ2v) is 9.48. The number of benzene rings is 1. The minimum Gasteiger partial charge on any atom is -0.460 e. The fourth-order valence-electron chi connectivity index (χ4n) is 3.50. The van der Waals surface area contributed by atoms with Gasteiger partial charge in [0.1, 0.15) is 12.1 Å². The summed E-state index contributed by atoms with van der Waals surface area (Å²) in [5.74, 6) is -1.06. The molecule has 1 aliphatic rings. The Morgan fingerprint density at radius 1 is 1.19 bits per heavy atom. The zero-order valence-electron chi connectivity index (χ0n) is 17.4. The highest BCUT2D eigenvalue weighted by Gasteiger charge is 2.38. The second-order valence-electron chi connectivity index (χ2n) is 7.56. The van der Waals surface area contributed by atoms with Crippen LogP contribution in [0, 0.1) is 0 Å². The highest BCUT2D eigenvalue weighted by atomic mass is 32.2. The van der Waals surface area contributed by atoms with E-state index in [-0.39, 0.29) is 18.2 Å². The number of carbonyl (C=O) groups is 2. The van der Waals surface area contributed by atoms with Gasteiger partial charge in [0.15, 0.2) is 0 Å². The number of aromatic nitrogens is 1. The van der Waals surface area contributed by atoms with Crippen molar-refractivity contribution in [3.63, 3.8) is 0 Å². The molecule has 1 amide bonds. The third-order valence-electron chi connectivity index (χ3n) is 5.07. The van der Waals surface area contributed by atoms with Gasteiger partial charge in [-0.25, -0.2) is 8.42 Å². The van der Waals surface area contributed by atoms with Gasteiger partial charge in [-0.1, -0.05) is 30.3 Å². The van der Waals surface area contributed by atoms with Crippen molar-refractivity contribution in [2.24, 2.45) is 0 Å². The molecular weight excluding hydrogens is 418 g/mol. The molecule has 1 aromatic carbocycles. The monoisotopic (exact) mass is 445 g/mol. The molecule has 8 nitrogen and oxygen atoms in total. The summed E-state index contributed by atoms with van der Waals surface area (Å²) in [5.41, 5.74) is 1.08. The highest BCUT2D eigenvalue weighted by Crippen LogP contribution is 2.24. The van der Waals surface area contributed by atoms with E-state index in [0.717, 1.165) is 6.42 Å². The summed E-state index contributed by atoms with van der Waals surface area (Å²) in [5, 5.41) is 2.69. The minimum atomic E-state index is -3.67. The Hall–Kier alpha value is -2.78. The fourth-order valence-corrected chi connectivity index (χ4v) is 5.26. The molecule has 0 aliphatic carbocycles. The molecule has 3 rings (SSSR count). The summed E-state index contributed by atoms with van der Waals surface area (Å²) in [6, 6.07) is 11.3. The lowest BCUT2D eigenvalue weighted by molar-refractivity contribution is -0.153. The predicted molar refractivity (Wildman–Crippen MR) is 116 cm³/mol. The van der Waals surface area contributed by atoms with Crippen molar-refractivity contribution in [2.45, 2.75) is 44.1 Å². The second kappa shape index (κ2) is 10.5. The van der Waals surface area contributed by atoms with E-state index in [1.165, 1.54) is 10.5 Å². The van der Waals surface area contributed by atoms with Gasteiger partial charge in [0.05, 0.1) is 17.9 Å². The minimum absolute atomic E-state index is 0.114. The third kappa shape index (κ3) is 6.35. The van der Waals surface area contributed by atoms with Crippen molar-refractivity contribution in [3.8, 4) is 0 Å². The largest absolute Gasteiger partial charge is 0.460 e. The van der Waals surface area contributed by atoms with Gasteiger partial charge in [-0.15, -0.1) is 0 Å². The maximum absolute atomic E-state index is 13.0. The van der Waals surface area contributed by atoms with Crippen molar-refractivity contribution < 1.29 is 22.7 Å². The summed E-state index contributed by atoms with van der Waals surface area (Å²) < 4.78 is 32.7. The highest BCUT2D eigenvalue weighted by molar-refractivity contribution is 7.88. The Labute approximate surface area is 182 Å². The van der Waals surface area contributed by atoms with Crippen LogP contribution in [0.2, 0.25) is 0 Å². The number of hydrogen-bond donors (Lipinski definition) is 1. The first-order valence-electron chi connectivity index (χ1n) is 10.3. The molecular formula is C22H27N3O5S. The first-order valence-corrected chi connectivity index (χ1v) is 11.9. The number of esters is 1. The topological polar surface area (TPSA) is 106 Å². The van der Waals surface area contributed by atoms with Crippen LogP contribution in [-0.2, 0) is 25.3 Å². The zero-order chi connectivity index (χ0) is 22.3. The van der Waals surface area contributed by atoms with Crippen LogP contribution in [-0.4, -0.2) is 54.8 Å². The molecule has 0 saturated carbocycles. The summed E-state index contributed by atoms with van der Waals surface area (Å²) in [4.78, 5) is 28.8. The molecule has 0 spiro atoms. The van der Waals surface area contributed by atoms with E-state index in [4.69, 9.17) is 4.74 Å². The lowest BCUT2D eigenvalue weighted by Crippen LogP contribution is -2.50. The number of pyridine rings is 1. The maximum Gasteiger partial charge on any atom is 0.324 e. The first-order chi connectivity index (χ1) is 14.9. The lowest BCUT2D eigenvalue weighted by atomic mass is 10.1. The van der Waals surface area contributed by atoms with Gasteiger partial charge >= 0.3 is 5.97 Å². The molecule has 1 saturated heterocycles. The molecule has 0 bridgehead atoms. The molecule has 1 aromatic heterocycles. The molecule has 166 valence electrons. The van der Waals surface area contributed by atoms with Crippen molar-refractivity contribution >= 4 is 21.9 Å². The summed E-state index contributed by atoms with van der Waals surface area (Å²) in [6.07, 6.45) is 4.29. The van der Waals surface area contributed by atoms with Crippen LogP contribution in [0.4, 0.5) is 0 Å². The van der Waals surface area contributed by atoms with E-state index in [9.17, 15) is 18.0 Å². The van der Waals surface area contributed by atoms with Gasteiger partial charge in [0.25, 0.3) is 5.91 Å². The maximum atomic E-state index is 13.0. The van der Waals surface area contributed by atoms with Crippen LogP contribution in [0.1, 0.15) is 42.1 Å². The summed E-state index contributed by atoms with van der Waals surface area (Å²) >= 11 is 0.